The molecule has 0 saturated carbocycles. The molecule has 134 valence electrons. The van der Waals surface area contributed by atoms with E-state index < -0.39 is 0 Å². The molecule has 0 spiro atoms. The number of nitrogens with zero attached hydrogens (tertiary/aromatic N) is 2. The van der Waals surface area contributed by atoms with Crippen LogP contribution in [0.15, 0.2) is 42.7 Å². The highest BCUT2D eigenvalue weighted by molar-refractivity contribution is 6.02. The van der Waals surface area contributed by atoms with Crippen molar-refractivity contribution in [3.63, 3.8) is 0 Å². The maximum Gasteiger partial charge on any atom is 0.268 e. The van der Waals surface area contributed by atoms with Gasteiger partial charge in [-0.05, 0) is 50.5 Å². The Morgan fingerprint density at radius 1 is 1.19 bits per heavy atom. The van der Waals surface area contributed by atoms with Gasteiger partial charge in [-0.25, -0.2) is 4.68 Å². The molecule has 0 atom stereocenters. The summed E-state index contributed by atoms with van der Waals surface area (Å²) in [6.45, 7) is 5.60. The van der Waals surface area contributed by atoms with Gasteiger partial charge >= 0.3 is 0 Å². The van der Waals surface area contributed by atoms with Crippen LogP contribution in [0.5, 0.6) is 0 Å². The standard InChI is InChI=1S/C20H22N4O2/c1-13-18(15(3)25)14(2)23-19(13)20(26)21-10-9-16-11-22-24(12-16)17-7-5-4-6-8-17/h4-8,11-12,23H,9-10H2,1-3H3,(H,21,26). The lowest BCUT2D eigenvalue weighted by molar-refractivity contribution is 0.0949. The van der Waals surface area contributed by atoms with Crippen molar-refractivity contribution in [2.75, 3.05) is 6.54 Å². The highest BCUT2D eigenvalue weighted by Crippen LogP contribution is 2.18. The van der Waals surface area contributed by atoms with Gasteiger partial charge in [-0.2, -0.15) is 5.10 Å². The number of hydrogen-bond donors (Lipinski definition) is 2. The van der Waals surface area contributed by atoms with Crippen LogP contribution in [0.2, 0.25) is 0 Å². The predicted molar refractivity (Wildman–Crippen MR) is 99.9 cm³/mol. The summed E-state index contributed by atoms with van der Waals surface area (Å²) in [6, 6.07) is 9.87. The summed E-state index contributed by atoms with van der Waals surface area (Å²) in [4.78, 5) is 27.1. The molecule has 0 bridgehead atoms. The van der Waals surface area contributed by atoms with Crippen molar-refractivity contribution in [1.82, 2.24) is 20.1 Å². The van der Waals surface area contributed by atoms with Crippen LogP contribution in [0.4, 0.5) is 0 Å². The molecule has 1 aromatic carbocycles. The van der Waals surface area contributed by atoms with Crippen LogP contribution in [0, 0.1) is 13.8 Å². The number of benzene rings is 1. The van der Waals surface area contributed by atoms with Crippen molar-refractivity contribution >= 4 is 11.7 Å². The van der Waals surface area contributed by atoms with Gasteiger partial charge in [0.25, 0.3) is 5.91 Å². The number of carbonyl (C=O) groups is 2. The van der Waals surface area contributed by atoms with Gasteiger partial charge in [-0.15, -0.1) is 0 Å². The summed E-state index contributed by atoms with van der Waals surface area (Å²) in [5.74, 6) is -0.239. The van der Waals surface area contributed by atoms with Gasteiger partial charge in [0.15, 0.2) is 5.78 Å². The number of ketones is 1. The molecule has 0 radical (unpaired) electrons. The highest BCUT2D eigenvalue weighted by atomic mass is 16.2. The quantitative estimate of drug-likeness (QED) is 0.671. The maximum atomic E-state index is 12.4. The van der Waals surface area contributed by atoms with Crippen molar-refractivity contribution in [3.8, 4) is 5.69 Å². The summed E-state index contributed by atoms with van der Waals surface area (Å²) in [6.07, 6.45) is 4.44. The van der Waals surface area contributed by atoms with Crippen molar-refractivity contribution in [3.05, 3.63) is 70.8 Å². The Hall–Kier alpha value is -3.15. The Balaban J connectivity index is 1.60. The molecule has 2 N–H and O–H groups in total. The van der Waals surface area contributed by atoms with Gasteiger partial charge < -0.3 is 10.3 Å². The molecular formula is C20H22N4O2. The van der Waals surface area contributed by atoms with Crippen LogP contribution >= 0.6 is 0 Å². The molecule has 3 rings (SSSR count). The third kappa shape index (κ3) is 3.59. The van der Waals surface area contributed by atoms with E-state index >= 15 is 0 Å². The summed E-state index contributed by atoms with van der Waals surface area (Å²) in [7, 11) is 0. The first kappa shape index (κ1) is 17.7. The van der Waals surface area contributed by atoms with Gasteiger partial charge in [0.05, 0.1) is 11.9 Å². The molecular weight excluding hydrogens is 328 g/mol. The topological polar surface area (TPSA) is 79.8 Å². The highest BCUT2D eigenvalue weighted by Gasteiger charge is 2.19. The normalized spacial score (nSPS) is 10.7. The number of aryl methyl sites for hydroxylation is 1. The zero-order valence-corrected chi connectivity index (χ0v) is 15.2. The SMILES string of the molecule is CC(=O)c1c(C)[nH]c(C(=O)NCCc2cnn(-c3ccccc3)c2)c1C. The van der Waals surface area contributed by atoms with Gasteiger partial charge in [0.1, 0.15) is 5.69 Å². The number of nitrogens with one attached hydrogen (secondary N) is 2. The summed E-state index contributed by atoms with van der Waals surface area (Å²) < 4.78 is 1.81. The summed E-state index contributed by atoms with van der Waals surface area (Å²) >= 11 is 0. The molecule has 26 heavy (non-hydrogen) atoms. The van der Waals surface area contributed by atoms with E-state index in [9.17, 15) is 9.59 Å². The Morgan fingerprint density at radius 2 is 1.92 bits per heavy atom. The summed E-state index contributed by atoms with van der Waals surface area (Å²) in [5.41, 5.74) is 4.51. The van der Waals surface area contributed by atoms with Crippen LogP contribution in [0.3, 0.4) is 0 Å². The third-order valence-corrected chi connectivity index (χ3v) is 4.37. The van der Waals surface area contributed by atoms with Crippen LogP contribution < -0.4 is 5.32 Å². The molecule has 6 heteroatoms. The van der Waals surface area contributed by atoms with E-state index in [1.807, 2.05) is 41.2 Å². The monoisotopic (exact) mass is 350 g/mol. The number of carbonyl (C=O) groups excluding carboxylic acids is 2. The number of para-hydroxylation sites is 1. The molecule has 3 aromatic rings. The van der Waals surface area contributed by atoms with E-state index in [1.165, 1.54) is 6.92 Å². The number of rotatable bonds is 6. The molecule has 2 heterocycles. The lowest BCUT2D eigenvalue weighted by Crippen LogP contribution is -2.26. The lowest BCUT2D eigenvalue weighted by atomic mass is 10.1. The second-order valence-corrected chi connectivity index (χ2v) is 6.32. The van der Waals surface area contributed by atoms with E-state index in [1.54, 1.807) is 20.0 Å². The smallest absolute Gasteiger partial charge is 0.268 e. The Labute approximate surface area is 152 Å². The summed E-state index contributed by atoms with van der Waals surface area (Å²) in [5, 5.41) is 7.25. The van der Waals surface area contributed by atoms with Crippen LogP contribution in [0.25, 0.3) is 5.69 Å². The van der Waals surface area contributed by atoms with E-state index in [0.717, 1.165) is 16.9 Å². The van der Waals surface area contributed by atoms with E-state index in [-0.39, 0.29) is 11.7 Å². The maximum absolute atomic E-state index is 12.4. The van der Waals surface area contributed by atoms with Crippen molar-refractivity contribution < 1.29 is 9.59 Å². The molecule has 2 aromatic heterocycles. The molecule has 6 nitrogen and oxygen atoms in total. The lowest BCUT2D eigenvalue weighted by Gasteiger charge is -2.04. The minimum Gasteiger partial charge on any atom is -0.354 e. The second-order valence-electron chi connectivity index (χ2n) is 6.32. The van der Waals surface area contributed by atoms with Gasteiger partial charge in [-0.1, -0.05) is 18.2 Å². The molecule has 0 aliphatic heterocycles. The number of aromatic nitrogens is 3. The number of aromatic amines is 1. The fourth-order valence-corrected chi connectivity index (χ4v) is 3.13. The van der Waals surface area contributed by atoms with Crippen LogP contribution in [0.1, 0.15) is 44.6 Å². The Bertz CT molecular complexity index is 938. The van der Waals surface area contributed by atoms with Crippen molar-refractivity contribution in [2.45, 2.75) is 27.2 Å². The number of hydrogen-bond acceptors (Lipinski definition) is 3. The van der Waals surface area contributed by atoms with Gasteiger partial charge in [0.2, 0.25) is 0 Å². The van der Waals surface area contributed by atoms with Crippen LogP contribution in [-0.4, -0.2) is 33.0 Å². The molecule has 0 fully saturated rings. The first-order chi connectivity index (χ1) is 12.5. The van der Waals surface area contributed by atoms with Crippen LogP contribution in [-0.2, 0) is 6.42 Å². The minimum atomic E-state index is -0.200. The Morgan fingerprint density at radius 3 is 2.58 bits per heavy atom. The average molecular weight is 350 g/mol. The molecule has 0 aliphatic carbocycles. The zero-order chi connectivity index (χ0) is 18.7. The third-order valence-electron chi connectivity index (χ3n) is 4.37. The molecule has 0 aliphatic rings. The largest absolute Gasteiger partial charge is 0.354 e. The van der Waals surface area contributed by atoms with E-state index in [4.69, 9.17) is 0 Å². The van der Waals surface area contributed by atoms with Gasteiger partial charge in [-0.3, -0.25) is 9.59 Å². The molecule has 0 saturated heterocycles. The number of H-pyrrole nitrogens is 1. The zero-order valence-electron chi connectivity index (χ0n) is 15.2. The first-order valence-electron chi connectivity index (χ1n) is 8.54. The average Bonchev–Trinajstić information content (AvgIpc) is 3.20. The molecule has 1 amide bonds. The van der Waals surface area contributed by atoms with E-state index in [0.29, 0.717) is 29.8 Å². The fraction of sp³-hybridized carbons (Fsp3) is 0.250. The first-order valence-corrected chi connectivity index (χ1v) is 8.54. The van der Waals surface area contributed by atoms with Gasteiger partial charge in [0, 0.05) is 24.0 Å². The predicted octanol–water partition coefficient (Wildman–Crippen LogP) is 2.99. The fourth-order valence-electron chi connectivity index (χ4n) is 3.13. The van der Waals surface area contributed by atoms with Crippen molar-refractivity contribution in [2.24, 2.45) is 0 Å². The van der Waals surface area contributed by atoms with Crippen molar-refractivity contribution in [1.29, 1.82) is 0 Å². The number of Topliss-reactive ketones (excluding diaryl/α,β-unsaturated/α-hetero) is 1. The minimum absolute atomic E-state index is 0.0383. The molecule has 0 unspecified atom stereocenters. The number of amides is 1. The van der Waals surface area contributed by atoms with E-state index in [2.05, 4.69) is 15.4 Å². The Kier molecular flexibility index (Phi) is 5.02. The second kappa shape index (κ2) is 7.39.